The van der Waals surface area contributed by atoms with E-state index < -0.39 is 0 Å². The lowest BCUT2D eigenvalue weighted by atomic mass is 10.4. The normalized spacial score (nSPS) is 11.1. The Labute approximate surface area is 108 Å². The zero-order valence-corrected chi connectivity index (χ0v) is 11.1. The molecule has 3 heterocycles. The van der Waals surface area contributed by atoms with E-state index in [4.69, 9.17) is 4.42 Å². The Balaban J connectivity index is 2.28. The third kappa shape index (κ3) is 1.49. The number of halogens is 2. The van der Waals surface area contributed by atoms with Crippen molar-refractivity contribution >= 4 is 37.6 Å². The van der Waals surface area contributed by atoms with E-state index in [-0.39, 0.29) is 0 Å². The van der Waals surface area contributed by atoms with Gasteiger partial charge >= 0.3 is 0 Å². The fourth-order valence-electron chi connectivity index (χ4n) is 1.46. The van der Waals surface area contributed by atoms with Crippen LogP contribution in [0.2, 0.25) is 0 Å². The number of imidazole rings is 1. The molecule has 0 amide bonds. The lowest BCUT2D eigenvalue weighted by molar-refractivity contribution is 0.554. The van der Waals surface area contributed by atoms with Crippen molar-refractivity contribution in [1.82, 2.24) is 14.4 Å². The molecule has 0 unspecified atom stereocenters. The first kappa shape index (κ1) is 10.0. The summed E-state index contributed by atoms with van der Waals surface area (Å²) in [6, 6.07) is 5.54. The smallest absolute Gasteiger partial charge is 0.235 e. The molecule has 0 aliphatic carbocycles. The van der Waals surface area contributed by atoms with Crippen LogP contribution in [0.1, 0.15) is 0 Å². The van der Waals surface area contributed by atoms with Crippen molar-refractivity contribution < 1.29 is 4.42 Å². The van der Waals surface area contributed by atoms with Crippen LogP contribution in [-0.2, 0) is 0 Å². The molecule has 16 heavy (non-hydrogen) atoms. The van der Waals surface area contributed by atoms with Crippen LogP contribution in [0.15, 0.2) is 44.3 Å². The van der Waals surface area contributed by atoms with Crippen molar-refractivity contribution in [3.8, 4) is 11.5 Å². The lowest BCUT2D eigenvalue weighted by Gasteiger charge is -1.92. The van der Waals surface area contributed by atoms with Gasteiger partial charge < -0.3 is 4.42 Å². The van der Waals surface area contributed by atoms with Gasteiger partial charge in [0.1, 0.15) is 10.3 Å². The van der Waals surface area contributed by atoms with E-state index in [9.17, 15) is 0 Å². The van der Waals surface area contributed by atoms with E-state index in [0.29, 0.717) is 16.2 Å². The monoisotopic (exact) mass is 341 g/mol. The second kappa shape index (κ2) is 3.71. The van der Waals surface area contributed by atoms with Crippen LogP contribution in [0.25, 0.3) is 17.2 Å². The van der Waals surface area contributed by atoms with Crippen LogP contribution in [-0.4, -0.2) is 14.4 Å². The van der Waals surface area contributed by atoms with Gasteiger partial charge in [-0.2, -0.15) is 0 Å². The van der Waals surface area contributed by atoms with E-state index >= 15 is 0 Å². The minimum Gasteiger partial charge on any atom is -0.448 e. The van der Waals surface area contributed by atoms with Crippen LogP contribution < -0.4 is 0 Å². The molecule has 0 atom stereocenters. The van der Waals surface area contributed by atoms with Crippen molar-refractivity contribution in [3.63, 3.8) is 0 Å². The molecule has 0 aromatic carbocycles. The summed E-state index contributed by atoms with van der Waals surface area (Å²) >= 11 is 6.75. The summed E-state index contributed by atoms with van der Waals surface area (Å²) in [7, 11) is 0. The minimum atomic E-state index is 0.636. The molecule has 0 aliphatic heterocycles. The van der Waals surface area contributed by atoms with Crippen molar-refractivity contribution in [2.24, 2.45) is 0 Å². The molecule has 0 radical (unpaired) electrons. The highest BCUT2D eigenvalue weighted by atomic mass is 79.9. The summed E-state index contributed by atoms with van der Waals surface area (Å²) in [5.41, 5.74) is 0.740. The average Bonchev–Trinajstić information content (AvgIpc) is 2.84. The van der Waals surface area contributed by atoms with E-state index in [0.717, 1.165) is 10.3 Å². The lowest BCUT2D eigenvalue weighted by Crippen LogP contribution is -1.85. The summed E-state index contributed by atoms with van der Waals surface area (Å²) in [6.07, 6.45) is 3.59. The highest BCUT2D eigenvalue weighted by Crippen LogP contribution is 2.30. The first-order valence-corrected chi connectivity index (χ1v) is 6.08. The Morgan fingerprint density at radius 2 is 2.12 bits per heavy atom. The summed E-state index contributed by atoms with van der Waals surface area (Å²) < 4.78 is 8.83. The molecule has 0 spiro atoms. The Bertz CT molecular complexity index is 659. The molecule has 0 N–H and O–H groups in total. The summed E-state index contributed by atoms with van der Waals surface area (Å²) in [5, 5.41) is 0. The van der Waals surface area contributed by atoms with Crippen LogP contribution in [0.3, 0.4) is 0 Å². The van der Waals surface area contributed by atoms with E-state index in [1.54, 1.807) is 6.20 Å². The molecule has 3 aromatic rings. The molecule has 0 saturated heterocycles. The highest BCUT2D eigenvalue weighted by molar-refractivity contribution is 9.10. The van der Waals surface area contributed by atoms with Gasteiger partial charge in [0, 0.05) is 12.4 Å². The van der Waals surface area contributed by atoms with Gasteiger partial charge in [0.2, 0.25) is 5.78 Å². The van der Waals surface area contributed by atoms with Gasteiger partial charge in [-0.05, 0) is 50.1 Å². The Morgan fingerprint density at radius 1 is 1.25 bits per heavy atom. The summed E-state index contributed by atoms with van der Waals surface area (Å²) in [6.45, 7) is 0. The number of nitrogens with zero attached hydrogens (tertiary/aromatic N) is 3. The van der Waals surface area contributed by atoms with Crippen molar-refractivity contribution in [2.45, 2.75) is 0 Å². The maximum atomic E-state index is 5.46. The topological polar surface area (TPSA) is 43.3 Å². The molecule has 0 fully saturated rings. The fraction of sp³-hybridized carbons (Fsp3) is 0. The van der Waals surface area contributed by atoms with Gasteiger partial charge in [0.05, 0.1) is 0 Å². The number of furan rings is 1. The van der Waals surface area contributed by atoms with E-state index in [1.165, 1.54) is 0 Å². The number of hydrogen-bond donors (Lipinski definition) is 0. The van der Waals surface area contributed by atoms with Gasteiger partial charge in [-0.25, -0.2) is 9.97 Å². The Morgan fingerprint density at radius 3 is 2.81 bits per heavy atom. The molecule has 80 valence electrons. The predicted octanol–water partition coefficient (Wildman–Crippen LogP) is 3.51. The summed E-state index contributed by atoms with van der Waals surface area (Å²) in [5.74, 6) is 1.33. The number of hydrogen-bond acceptors (Lipinski definition) is 3. The third-order valence-corrected chi connectivity index (χ3v) is 3.34. The molecule has 0 aliphatic rings. The van der Waals surface area contributed by atoms with E-state index in [1.807, 2.05) is 28.8 Å². The SMILES string of the molecule is Brc1ccc(-c2nc3ncccn3c2Br)o1. The maximum Gasteiger partial charge on any atom is 0.235 e. The van der Waals surface area contributed by atoms with Crippen LogP contribution in [0.4, 0.5) is 0 Å². The molecular weight excluding hydrogens is 338 g/mol. The van der Waals surface area contributed by atoms with Crippen LogP contribution >= 0.6 is 31.9 Å². The third-order valence-electron chi connectivity index (χ3n) is 2.15. The zero-order chi connectivity index (χ0) is 11.1. The summed E-state index contributed by atoms with van der Waals surface area (Å²) in [4.78, 5) is 8.55. The van der Waals surface area contributed by atoms with Crippen molar-refractivity contribution in [2.75, 3.05) is 0 Å². The number of rotatable bonds is 1. The molecule has 6 heteroatoms. The van der Waals surface area contributed by atoms with Crippen LogP contribution in [0.5, 0.6) is 0 Å². The molecule has 4 nitrogen and oxygen atoms in total. The van der Waals surface area contributed by atoms with E-state index in [2.05, 4.69) is 41.8 Å². The molecular formula is C10H5Br2N3O. The fourth-order valence-corrected chi connectivity index (χ4v) is 2.33. The molecule has 0 bridgehead atoms. The highest BCUT2D eigenvalue weighted by Gasteiger charge is 2.14. The zero-order valence-electron chi connectivity index (χ0n) is 7.89. The van der Waals surface area contributed by atoms with Gasteiger partial charge in [-0.1, -0.05) is 0 Å². The molecule has 3 rings (SSSR count). The van der Waals surface area contributed by atoms with Crippen molar-refractivity contribution in [3.05, 3.63) is 39.9 Å². The second-order valence-electron chi connectivity index (χ2n) is 3.14. The van der Waals surface area contributed by atoms with Gasteiger partial charge in [0.25, 0.3) is 0 Å². The van der Waals surface area contributed by atoms with Gasteiger partial charge in [-0.15, -0.1) is 0 Å². The quantitative estimate of drug-likeness (QED) is 0.679. The molecule has 3 aromatic heterocycles. The molecule has 0 saturated carbocycles. The first-order valence-electron chi connectivity index (χ1n) is 4.50. The van der Waals surface area contributed by atoms with Crippen molar-refractivity contribution in [1.29, 1.82) is 0 Å². The number of fused-ring (bicyclic) bond motifs is 1. The standard InChI is InChI=1S/C10H5Br2N3O/c11-7-3-2-6(16-7)8-9(12)15-5-1-4-13-10(15)14-8/h1-5H. The number of aromatic nitrogens is 3. The Hall–Kier alpha value is -1.14. The minimum absolute atomic E-state index is 0.636. The van der Waals surface area contributed by atoms with Gasteiger partial charge in [-0.3, -0.25) is 4.40 Å². The van der Waals surface area contributed by atoms with Gasteiger partial charge in [0.15, 0.2) is 10.4 Å². The largest absolute Gasteiger partial charge is 0.448 e. The predicted molar refractivity (Wildman–Crippen MR) is 66.1 cm³/mol. The average molecular weight is 343 g/mol. The maximum absolute atomic E-state index is 5.46. The van der Waals surface area contributed by atoms with Crippen LogP contribution in [0, 0.1) is 0 Å². The second-order valence-corrected chi connectivity index (χ2v) is 4.68. The Kier molecular flexibility index (Phi) is 2.33. The first-order chi connectivity index (χ1) is 7.75.